The maximum atomic E-state index is 12.3. The molecule has 0 saturated carbocycles. The van der Waals surface area contributed by atoms with E-state index in [9.17, 15) is 8.78 Å². The van der Waals surface area contributed by atoms with Crippen molar-refractivity contribution in [2.24, 2.45) is 4.99 Å². The van der Waals surface area contributed by atoms with Crippen LogP contribution >= 0.6 is 0 Å². The van der Waals surface area contributed by atoms with Crippen molar-refractivity contribution in [1.82, 2.24) is 10.2 Å². The van der Waals surface area contributed by atoms with Crippen LogP contribution in [0.15, 0.2) is 29.3 Å². The number of alkyl halides is 2. The van der Waals surface area contributed by atoms with E-state index in [4.69, 9.17) is 0 Å². The van der Waals surface area contributed by atoms with Gasteiger partial charge in [0, 0.05) is 19.1 Å². The van der Waals surface area contributed by atoms with Crippen molar-refractivity contribution >= 4 is 5.96 Å². The number of aliphatic imine (C=N–C) groups is 1. The molecule has 2 heterocycles. The molecule has 1 aromatic rings. The van der Waals surface area contributed by atoms with Gasteiger partial charge in [-0.3, -0.25) is 4.99 Å². The van der Waals surface area contributed by atoms with E-state index in [0.717, 1.165) is 31.0 Å². The summed E-state index contributed by atoms with van der Waals surface area (Å²) < 4.78 is 29.1. The summed E-state index contributed by atoms with van der Waals surface area (Å²) in [5, 5.41) is 3.33. The molecule has 0 bridgehead atoms. The first kappa shape index (κ1) is 13.1. The van der Waals surface area contributed by atoms with Crippen molar-refractivity contribution in [3.63, 3.8) is 0 Å². The Kier molecular flexibility index (Phi) is 3.46. The maximum absolute atomic E-state index is 12.3. The SMILES string of the molecule is CC1CN2C(=NCCC2c2cccc(OC(F)F)c2)N1. The van der Waals surface area contributed by atoms with Crippen LogP contribution in [0.5, 0.6) is 5.75 Å². The lowest BCUT2D eigenvalue weighted by Gasteiger charge is -2.32. The molecule has 4 nitrogen and oxygen atoms in total. The highest BCUT2D eigenvalue weighted by Crippen LogP contribution is 2.31. The second kappa shape index (κ2) is 5.26. The third kappa shape index (κ3) is 2.55. The van der Waals surface area contributed by atoms with E-state index < -0.39 is 6.61 Å². The Balaban J connectivity index is 1.84. The Morgan fingerprint density at radius 1 is 1.45 bits per heavy atom. The molecule has 6 heteroatoms. The van der Waals surface area contributed by atoms with Crippen molar-refractivity contribution < 1.29 is 13.5 Å². The molecule has 2 atom stereocenters. The van der Waals surface area contributed by atoms with Crippen LogP contribution in [0.1, 0.15) is 24.9 Å². The lowest BCUT2D eigenvalue weighted by Crippen LogP contribution is -2.37. The molecule has 0 amide bonds. The molecule has 2 aliphatic rings. The van der Waals surface area contributed by atoms with Crippen molar-refractivity contribution in [3.05, 3.63) is 29.8 Å². The van der Waals surface area contributed by atoms with Crippen molar-refractivity contribution in [2.45, 2.75) is 32.0 Å². The van der Waals surface area contributed by atoms with Gasteiger partial charge < -0.3 is 15.0 Å². The summed E-state index contributed by atoms with van der Waals surface area (Å²) in [7, 11) is 0. The van der Waals surface area contributed by atoms with Crippen LogP contribution < -0.4 is 10.1 Å². The highest BCUT2D eigenvalue weighted by molar-refractivity contribution is 5.83. The van der Waals surface area contributed by atoms with Gasteiger partial charge in [0.25, 0.3) is 0 Å². The van der Waals surface area contributed by atoms with Gasteiger partial charge in [0.1, 0.15) is 5.75 Å². The zero-order valence-electron chi connectivity index (χ0n) is 11.2. The minimum atomic E-state index is -2.79. The fourth-order valence-electron chi connectivity index (χ4n) is 2.83. The monoisotopic (exact) mass is 281 g/mol. The average Bonchev–Trinajstić information content (AvgIpc) is 2.78. The first-order chi connectivity index (χ1) is 9.63. The number of halogens is 2. The molecule has 108 valence electrons. The third-order valence-corrected chi connectivity index (χ3v) is 3.63. The van der Waals surface area contributed by atoms with Gasteiger partial charge in [0.2, 0.25) is 0 Å². The number of nitrogens with zero attached hydrogens (tertiary/aromatic N) is 2. The Bertz CT molecular complexity index is 521. The molecule has 1 fully saturated rings. The van der Waals surface area contributed by atoms with Crippen LogP contribution in [0.4, 0.5) is 8.78 Å². The fraction of sp³-hybridized carbons (Fsp3) is 0.500. The van der Waals surface area contributed by atoms with E-state index >= 15 is 0 Å². The van der Waals surface area contributed by atoms with E-state index in [0.29, 0.717) is 6.04 Å². The van der Waals surface area contributed by atoms with Crippen LogP contribution in [0.25, 0.3) is 0 Å². The first-order valence-electron chi connectivity index (χ1n) is 6.76. The van der Waals surface area contributed by atoms with Gasteiger partial charge >= 0.3 is 6.61 Å². The Hall–Kier alpha value is -1.85. The Labute approximate surface area is 116 Å². The summed E-state index contributed by atoms with van der Waals surface area (Å²) in [6.45, 7) is 0.940. The number of hydrogen-bond acceptors (Lipinski definition) is 4. The van der Waals surface area contributed by atoms with Gasteiger partial charge in [0.05, 0.1) is 6.04 Å². The number of ether oxygens (including phenoxy) is 1. The molecular formula is C14H17F2N3O. The minimum absolute atomic E-state index is 0.168. The van der Waals surface area contributed by atoms with Crippen LogP contribution in [0.3, 0.4) is 0 Å². The smallest absolute Gasteiger partial charge is 0.387 e. The van der Waals surface area contributed by atoms with Gasteiger partial charge in [-0.15, -0.1) is 0 Å². The fourth-order valence-corrected chi connectivity index (χ4v) is 2.83. The maximum Gasteiger partial charge on any atom is 0.387 e. The number of hydrogen-bond donors (Lipinski definition) is 1. The summed E-state index contributed by atoms with van der Waals surface area (Å²) in [5.41, 5.74) is 0.992. The molecule has 1 aromatic carbocycles. The van der Waals surface area contributed by atoms with Gasteiger partial charge in [-0.05, 0) is 31.0 Å². The minimum Gasteiger partial charge on any atom is -0.435 e. The zero-order valence-corrected chi connectivity index (χ0v) is 11.2. The third-order valence-electron chi connectivity index (χ3n) is 3.63. The molecule has 1 N–H and O–H groups in total. The number of nitrogens with one attached hydrogen (secondary N) is 1. The highest BCUT2D eigenvalue weighted by Gasteiger charge is 2.33. The number of fused-ring (bicyclic) bond motifs is 1. The summed E-state index contributed by atoms with van der Waals surface area (Å²) in [5.74, 6) is 1.12. The van der Waals surface area contributed by atoms with Gasteiger partial charge in [0.15, 0.2) is 5.96 Å². The second-order valence-electron chi connectivity index (χ2n) is 5.16. The van der Waals surface area contributed by atoms with Crippen LogP contribution in [-0.4, -0.2) is 36.6 Å². The summed E-state index contributed by atoms with van der Waals surface area (Å²) >= 11 is 0. The van der Waals surface area contributed by atoms with Gasteiger partial charge in [-0.2, -0.15) is 8.78 Å². The van der Waals surface area contributed by atoms with Crippen LogP contribution in [-0.2, 0) is 0 Å². The molecule has 0 aliphatic carbocycles. The molecule has 1 saturated heterocycles. The van der Waals surface area contributed by atoms with Crippen LogP contribution in [0.2, 0.25) is 0 Å². The molecule has 0 aromatic heterocycles. The number of benzene rings is 1. The highest BCUT2D eigenvalue weighted by atomic mass is 19.3. The van der Waals surface area contributed by atoms with Gasteiger partial charge in [-0.25, -0.2) is 0 Å². The number of guanidine groups is 1. The van der Waals surface area contributed by atoms with E-state index in [2.05, 4.69) is 26.9 Å². The lowest BCUT2D eigenvalue weighted by atomic mass is 10.0. The van der Waals surface area contributed by atoms with E-state index in [-0.39, 0.29) is 11.8 Å². The van der Waals surface area contributed by atoms with Crippen LogP contribution in [0, 0.1) is 0 Å². The normalized spacial score (nSPS) is 25.2. The molecule has 0 radical (unpaired) electrons. The topological polar surface area (TPSA) is 36.9 Å². The predicted molar refractivity (Wildman–Crippen MR) is 72.0 cm³/mol. The standard InChI is InChI=1S/C14H17F2N3O/c1-9-8-19-12(5-6-17-14(19)18-9)10-3-2-4-11(7-10)20-13(15)16/h2-4,7,9,12-13H,5-6,8H2,1H3,(H,17,18). The first-order valence-corrected chi connectivity index (χ1v) is 6.76. The van der Waals surface area contributed by atoms with Crippen molar-refractivity contribution in [1.29, 1.82) is 0 Å². The second-order valence-corrected chi connectivity index (χ2v) is 5.16. The van der Waals surface area contributed by atoms with Crippen molar-refractivity contribution in [2.75, 3.05) is 13.1 Å². The molecular weight excluding hydrogens is 264 g/mol. The molecule has 2 aliphatic heterocycles. The Morgan fingerprint density at radius 2 is 2.30 bits per heavy atom. The van der Waals surface area contributed by atoms with E-state index in [1.54, 1.807) is 18.2 Å². The summed E-state index contributed by atoms with van der Waals surface area (Å²) in [4.78, 5) is 6.67. The molecule has 2 unspecified atom stereocenters. The molecule has 3 rings (SSSR count). The van der Waals surface area contributed by atoms with Gasteiger partial charge in [-0.1, -0.05) is 12.1 Å². The lowest BCUT2D eigenvalue weighted by molar-refractivity contribution is -0.0499. The average molecular weight is 281 g/mol. The summed E-state index contributed by atoms with van der Waals surface area (Å²) in [6.07, 6.45) is 0.885. The quantitative estimate of drug-likeness (QED) is 0.924. The Morgan fingerprint density at radius 3 is 3.10 bits per heavy atom. The predicted octanol–water partition coefficient (Wildman–Crippen LogP) is 2.38. The summed E-state index contributed by atoms with van der Waals surface area (Å²) in [6, 6.07) is 7.48. The number of rotatable bonds is 3. The van der Waals surface area contributed by atoms with Crippen molar-refractivity contribution in [3.8, 4) is 5.75 Å². The molecule has 0 spiro atoms. The molecule has 20 heavy (non-hydrogen) atoms. The largest absolute Gasteiger partial charge is 0.435 e. The van der Waals surface area contributed by atoms with E-state index in [1.807, 2.05) is 6.07 Å². The zero-order chi connectivity index (χ0) is 14.1. The van der Waals surface area contributed by atoms with E-state index in [1.165, 1.54) is 0 Å².